The highest BCUT2D eigenvalue weighted by atomic mass is 16.3. The zero-order chi connectivity index (χ0) is 7.56. The second-order valence-corrected chi connectivity index (χ2v) is 2.64. The molecule has 0 spiro atoms. The molecule has 2 nitrogen and oxygen atoms in total. The van der Waals surface area contributed by atoms with E-state index in [2.05, 4.69) is 0 Å². The maximum Gasteiger partial charge on any atom is 0.106 e. The van der Waals surface area contributed by atoms with E-state index < -0.39 is 0 Å². The van der Waals surface area contributed by atoms with Gasteiger partial charge in [-0.1, -0.05) is 0 Å². The molecule has 2 heteroatoms. The number of furan rings is 1. The predicted molar refractivity (Wildman–Crippen MR) is 38.8 cm³/mol. The van der Waals surface area contributed by atoms with E-state index in [1.807, 2.05) is 13.0 Å². The van der Waals surface area contributed by atoms with Gasteiger partial charge in [-0.05, 0) is 25.5 Å². The van der Waals surface area contributed by atoms with Crippen LogP contribution in [-0.2, 0) is 6.42 Å². The summed E-state index contributed by atoms with van der Waals surface area (Å²) in [5.74, 6) is 0.854. The molecule has 0 aliphatic heterocycles. The monoisotopic (exact) mass is 140 g/mol. The molecule has 0 radical (unpaired) electrons. The van der Waals surface area contributed by atoms with Crippen LogP contribution in [0.25, 0.3) is 0 Å². The van der Waals surface area contributed by atoms with Crippen LogP contribution in [-0.4, -0.2) is 11.2 Å². The van der Waals surface area contributed by atoms with Crippen molar-refractivity contribution in [3.8, 4) is 0 Å². The lowest BCUT2D eigenvalue weighted by atomic mass is 10.2. The van der Waals surface area contributed by atoms with Gasteiger partial charge in [0.15, 0.2) is 0 Å². The van der Waals surface area contributed by atoms with Crippen molar-refractivity contribution in [2.24, 2.45) is 0 Å². The molecule has 1 unspecified atom stereocenters. The fourth-order valence-electron chi connectivity index (χ4n) is 0.889. The van der Waals surface area contributed by atoms with Crippen LogP contribution in [0.5, 0.6) is 0 Å². The standard InChI is InChI=1S/C8H12O2/c1-6-3-8(10-5-6)4-7(2)9/h3,5,7,9H,4H2,1-2H3. The largest absolute Gasteiger partial charge is 0.469 e. The fraction of sp³-hybridized carbons (Fsp3) is 0.500. The Labute approximate surface area is 60.5 Å². The zero-order valence-electron chi connectivity index (χ0n) is 6.29. The van der Waals surface area contributed by atoms with Gasteiger partial charge in [0, 0.05) is 6.42 Å². The highest BCUT2D eigenvalue weighted by Gasteiger charge is 2.01. The smallest absolute Gasteiger partial charge is 0.106 e. The third kappa shape index (κ3) is 1.88. The third-order valence-electron chi connectivity index (χ3n) is 1.28. The first-order valence-electron chi connectivity index (χ1n) is 3.40. The Balaban J connectivity index is 2.58. The van der Waals surface area contributed by atoms with E-state index in [1.54, 1.807) is 13.2 Å². The summed E-state index contributed by atoms with van der Waals surface area (Å²) in [5, 5.41) is 8.96. The molecule has 1 N–H and O–H groups in total. The van der Waals surface area contributed by atoms with Crippen LogP contribution in [0.3, 0.4) is 0 Å². The second kappa shape index (κ2) is 2.88. The van der Waals surface area contributed by atoms with Crippen molar-refractivity contribution >= 4 is 0 Å². The topological polar surface area (TPSA) is 33.4 Å². The van der Waals surface area contributed by atoms with Gasteiger partial charge in [-0.25, -0.2) is 0 Å². The third-order valence-corrected chi connectivity index (χ3v) is 1.28. The van der Waals surface area contributed by atoms with Gasteiger partial charge in [-0.15, -0.1) is 0 Å². The van der Waals surface area contributed by atoms with Crippen molar-refractivity contribution < 1.29 is 9.52 Å². The number of hydrogen-bond acceptors (Lipinski definition) is 2. The summed E-state index contributed by atoms with van der Waals surface area (Å²) in [4.78, 5) is 0. The van der Waals surface area contributed by atoms with Crippen LogP contribution in [0.2, 0.25) is 0 Å². The predicted octanol–water partition coefficient (Wildman–Crippen LogP) is 1.51. The van der Waals surface area contributed by atoms with E-state index in [9.17, 15) is 0 Å². The SMILES string of the molecule is Cc1coc(CC(C)O)c1. The molecule has 0 aliphatic carbocycles. The maximum atomic E-state index is 8.96. The molecule has 56 valence electrons. The lowest BCUT2D eigenvalue weighted by molar-refractivity contribution is 0.187. The quantitative estimate of drug-likeness (QED) is 0.675. The molecule has 0 saturated heterocycles. The summed E-state index contributed by atoms with van der Waals surface area (Å²) in [7, 11) is 0. The Morgan fingerprint density at radius 3 is 2.80 bits per heavy atom. The van der Waals surface area contributed by atoms with Crippen LogP contribution >= 0.6 is 0 Å². The molecule has 0 bridgehead atoms. The highest BCUT2D eigenvalue weighted by Crippen LogP contribution is 2.08. The van der Waals surface area contributed by atoms with Crippen molar-refractivity contribution in [1.82, 2.24) is 0 Å². The Morgan fingerprint density at radius 1 is 1.70 bits per heavy atom. The molecule has 1 atom stereocenters. The lowest BCUT2D eigenvalue weighted by Gasteiger charge is -1.97. The molecule has 0 aromatic carbocycles. The van der Waals surface area contributed by atoms with Crippen molar-refractivity contribution in [2.75, 3.05) is 0 Å². The molecule has 1 rings (SSSR count). The van der Waals surface area contributed by atoms with E-state index in [4.69, 9.17) is 9.52 Å². The van der Waals surface area contributed by atoms with Gasteiger partial charge in [0.1, 0.15) is 5.76 Å². The average Bonchev–Trinajstić information content (AvgIpc) is 2.13. The average molecular weight is 140 g/mol. The van der Waals surface area contributed by atoms with Gasteiger partial charge >= 0.3 is 0 Å². The lowest BCUT2D eigenvalue weighted by Crippen LogP contribution is -2.02. The summed E-state index contributed by atoms with van der Waals surface area (Å²) < 4.78 is 5.12. The van der Waals surface area contributed by atoms with Crippen LogP contribution in [0.1, 0.15) is 18.2 Å². The van der Waals surface area contributed by atoms with Crippen molar-refractivity contribution in [2.45, 2.75) is 26.4 Å². The molecule has 1 heterocycles. The Bertz CT molecular complexity index is 201. The summed E-state index contributed by atoms with van der Waals surface area (Å²) in [6.45, 7) is 3.72. The van der Waals surface area contributed by atoms with Crippen LogP contribution in [0.4, 0.5) is 0 Å². The van der Waals surface area contributed by atoms with E-state index >= 15 is 0 Å². The first kappa shape index (κ1) is 7.35. The minimum Gasteiger partial charge on any atom is -0.469 e. The number of aliphatic hydroxyl groups is 1. The molecule has 1 aromatic heterocycles. The van der Waals surface area contributed by atoms with Crippen LogP contribution in [0, 0.1) is 6.92 Å². The van der Waals surface area contributed by atoms with E-state index in [0.29, 0.717) is 6.42 Å². The second-order valence-electron chi connectivity index (χ2n) is 2.64. The number of aliphatic hydroxyl groups excluding tert-OH is 1. The fourth-order valence-corrected chi connectivity index (χ4v) is 0.889. The van der Waals surface area contributed by atoms with Crippen LogP contribution in [0.15, 0.2) is 16.7 Å². The normalized spacial score (nSPS) is 13.5. The van der Waals surface area contributed by atoms with Gasteiger partial charge in [0.2, 0.25) is 0 Å². The van der Waals surface area contributed by atoms with E-state index in [0.717, 1.165) is 11.3 Å². The maximum absolute atomic E-state index is 8.96. The molecule has 1 aromatic rings. The van der Waals surface area contributed by atoms with Crippen molar-refractivity contribution in [3.05, 3.63) is 23.7 Å². The first-order chi connectivity index (χ1) is 4.68. The van der Waals surface area contributed by atoms with Gasteiger partial charge in [-0.2, -0.15) is 0 Å². The molecule has 10 heavy (non-hydrogen) atoms. The van der Waals surface area contributed by atoms with Gasteiger partial charge < -0.3 is 9.52 Å². The number of rotatable bonds is 2. The van der Waals surface area contributed by atoms with E-state index in [1.165, 1.54) is 0 Å². The summed E-state index contributed by atoms with van der Waals surface area (Å²) in [6, 6.07) is 1.94. The van der Waals surface area contributed by atoms with Gasteiger partial charge in [0.05, 0.1) is 12.4 Å². The first-order valence-corrected chi connectivity index (χ1v) is 3.40. The van der Waals surface area contributed by atoms with Crippen molar-refractivity contribution in [3.63, 3.8) is 0 Å². The van der Waals surface area contributed by atoms with Gasteiger partial charge in [0.25, 0.3) is 0 Å². The molecule has 0 fully saturated rings. The van der Waals surface area contributed by atoms with E-state index in [-0.39, 0.29) is 6.10 Å². The molecule has 0 aliphatic rings. The molecule has 0 amide bonds. The Hall–Kier alpha value is -0.760. The summed E-state index contributed by atoms with van der Waals surface area (Å²) in [6.07, 6.45) is 1.98. The van der Waals surface area contributed by atoms with Crippen molar-refractivity contribution in [1.29, 1.82) is 0 Å². The summed E-state index contributed by atoms with van der Waals surface area (Å²) >= 11 is 0. The minimum absolute atomic E-state index is 0.314. The van der Waals surface area contributed by atoms with Crippen LogP contribution < -0.4 is 0 Å². The highest BCUT2D eigenvalue weighted by molar-refractivity contribution is 5.10. The Morgan fingerprint density at radius 2 is 2.40 bits per heavy atom. The molecular weight excluding hydrogens is 128 g/mol. The summed E-state index contributed by atoms with van der Waals surface area (Å²) in [5.41, 5.74) is 1.11. The molecule has 0 saturated carbocycles. The zero-order valence-corrected chi connectivity index (χ0v) is 6.29. The molecular formula is C8H12O2. The number of hydrogen-bond donors (Lipinski definition) is 1. The van der Waals surface area contributed by atoms with Gasteiger partial charge in [-0.3, -0.25) is 0 Å². The minimum atomic E-state index is -0.314. The number of aryl methyl sites for hydroxylation is 1. The Kier molecular flexibility index (Phi) is 2.12.